The second kappa shape index (κ2) is 5.04. The summed E-state index contributed by atoms with van der Waals surface area (Å²) in [5.41, 5.74) is 0. The number of imide groups is 1. The minimum absolute atomic E-state index is 0.0929. The molecule has 2 rings (SSSR count). The Morgan fingerprint density at radius 1 is 1.35 bits per heavy atom. The van der Waals surface area contributed by atoms with Gasteiger partial charge in [0.05, 0.1) is 5.92 Å². The molecule has 0 radical (unpaired) electrons. The highest BCUT2D eigenvalue weighted by Crippen LogP contribution is 2.19. The zero-order valence-electron chi connectivity index (χ0n) is 10.6. The Labute approximate surface area is 102 Å². The molecule has 2 unspecified atom stereocenters. The smallest absolute Gasteiger partial charge is 0.319 e. The van der Waals surface area contributed by atoms with Crippen LogP contribution in [0.15, 0.2) is 0 Å². The lowest BCUT2D eigenvalue weighted by atomic mass is 10.0. The molecule has 2 aliphatic heterocycles. The Hall–Kier alpha value is -1.10. The second-order valence-corrected chi connectivity index (χ2v) is 5.04. The van der Waals surface area contributed by atoms with E-state index in [1.807, 2.05) is 11.8 Å². The van der Waals surface area contributed by atoms with Crippen LogP contribution < -0.4 is 5.32 Å². The first-order chi connectivity index (χ1) is 8.11. The van der Waals surface area contributed by atoms with Crippen LogP contribution in [0.25, 0.3) is 0 Å². The molecule has 1 N–H and O–H groups in total. The maximum atomic E-state index is 11.8. The lowest BCUT2D eigenvalue weighted by molar-refractivity contribution is -0.125. The van der Waals surface area contributed by atoms with Crippen molar-refractivity contribution >= 4 is 11.9 Å². The monoisotopic (exact) mass is 239 g/mol. The van der Waals surface area contributed by atoms with E-state index in [1.165, 1.54) is 0 Å². The highest BCUT2D eigenvalue weighted by atomic mass is 16.2. The quantitative estimate of drug-likeness (QED) is 0.770. The number of likely N-dealkylation sites (tertiary alicyclic amines) is 1. The number of nitrogens with zero attached hydrogens (tertiary/aromatic N) is 2. The Kier molecular flexibility index (Phi) is 3.66. The molecular weight excluding hydrogens is 218 g/mol. The Morgan fingerprint density at radius 3 is 2.82 bits per heavy atom. The van der Waals surface area contributed by atoms with Gasteiger partial charge >= 0.3 is 6.03 Å². The maximum absolute atomic E-state index is 11.8. The zero-order chi connectivity index (χ0) is 12.4. The predicted octanol–water partition coefficient (Wildman–Crippen LogP) is 0.659. The minimum atomic E-state index is -0.212. The number of carbonyl (C=O) groups excluding carboxylic acids is 2. The van der Waals surface area contributed by atoms with E-state index < -0.39 is 0 Å². The first-order valence-corrected chi connectivity index (χ1v) is 6.45. The largest absolute Gasteiger partial charge is 0.324 e. The first kappa shape index (κ1) is 12.4. The average molecular weight is 239 g/mol. The van der Waals surface area contributed by atoms with Crippen molar-refractivity contribution in [1.82, 2.24) is 15.1 Å². The van der Waals surface area contributed by atoms with Gasteiger partial charge in [-0.05, 0) is 25.9 Å². The lowest BCUT2D eigenvalue weighted by Crippen LogP contribution is -2.60. The van der Waals surface area contributed by atoms with E-state index in [-0.39, 0.29) is 23.9 Å². The van der Waals surface area contributed by atoms with Crippen molar-refractivity contribution in [2.45, 2.75) is 32.7 Å². The summed E-state index contributed by atoms with van der Waals surface area (Å²) in [5.74, 6) is -0.237. The standard InChI is InChI=1S/C12H21N3O2/c1-3-14-6-4-5-10(8-14)15-7-9(2)11(16)13-12(15)17/h9-10H,3-8H2,1-2H3,(H,13,16,17). The fourth-order valence-corrected chi connectivity index (χ4v) is 2.65. The number of hydrogen-bond acceptors (Lipinski definition) is 3. The average Bonchev–Trinajstić information content (AvgIpc) is 2.34. The van der Waals surface area contributed by atoms with Crippen molar-refractivity contribution in [3.63, 3.8) is 0 Å². The summed E-state index contributed by atoms with van der Waals surface area (Å²) in [4.78, 5) is 27.4. The summed E-state index contributed by atoms with van der Waals surface area (Å²) in [7, 11) is 0. The molecule has 5 heteroatoms. The molecule has 2 atom stereocenters. The molecule has 0 bridgehead atoms. The molecular formula is C12H21N3O2. The molecule has 2 aliphatic rings. The van der Waals surface area contributed by atoms with Gasteiger partial charge in [0.1, 0.15) is 0 Å². The van der Waals surface area contributed by atoms with Crippen molar-refractivity contribution < 1.29 is 9.59 Å². The van der Waals surface area contributed by atoms with Gasteiger partial charge in [0.15, 0.2) is 0 Å². The molecule has 0 aromatic heterocycles. The number of nitrogens with one attached hydrogen (secondary N) is 1. The molecule has 2 fully saturated rings. The van der Waals surface area contributed by atoms with Crippen molar-refractivity contribution in [2.24, 2.45) is 5.92 Å². The molecule has 2 heterocycles. The van der Waals surface area contributed by atoms with Gasteiger partial charge in [-0.2, -0.15) is 0 Å². The van der Waals surface area contributed by atoms with Crippen LogP contribution in [0.1, 0.15) is 26.7 Å². The number of amides is 3. The zero-order valence-corrected chi connectivity index (χ0v) is 10.6. The number of carbonyl (C=O) groups is 2. The number of hydrogen-bond donors (Lipinski definition) is 1. The van der Waals surface area contributed by atoms with Crippen LogP contribution in [-0.2, 0) is 4.79 Å². The molecule has 0 aliphatic carbocycles. The van der Waals surface area contributed by atoms with Crippen LogP contribution in [0.3, 0.4) is 0 Å². The molecule has 17 heavy (non-hydrogen) atoms. The first-order valence-electron chi connectivity index (χ1n) is 6.45. The van der Waals surface area contributed by atoms with Crippen molar-refractivity contribution in [3.8, 4) is 0 Å². The Bertz CT molecular complexity index is 319. The van der Waals surface area contributed by atoms with Gasteiger partial charge in [-0.3, -0.25) is 10.1 Å². The normalized spacial score (nSPS) is 31.5. The van der Waals surface area contributed by atoms with Crippen LogP contribution >= 0.6 is 0 Å². The topological polar surface area (TPSA) is 52.6 Å². The number of likely N-dealkylation sites (N-methyl/N-ethyl adjacent to an activating group) is 1. The van der Waals surface area contributed by atoms with Crippen LogP contribution in [0.4, 0.5) is 4.79 Å². The predicted molar refractivity (Wildman–Crippen MR) is 64.5 cm³/mol. The SMILES string of the molecule is CCN1CCCC(N2CC(C)C(=O)NC2=O)C1. The molecule has 0 aromatic carbocycles. The molecule has 3 amide bonds. The van der Waals surface area contributed by atoms with Gasteiger partial charge in [-0.1, -0.05) is 13.8 Å². The summed E-state index contributed by atoms with van der Waals surface area (Å²) in [6.07, 6.45) is 2.18. The third kappa shape index (κ3) is 2.60. The summed E-state index contributed by atoms with van der Waals surface area (Å²) in [6, 6.07) is 0.0512. The van der Waals surface area contributed by atoms with E-state index in [2.05, 4.69) is 17.1 Å². The van der Waals surface area contributed by atoms with E-state index in [0.717, 1.165) is 32.5 Å². The third-order valence-corrected chi connectivity index (χ3v) is 3.78. The summed E-state index contributed by atoms with van der Waals surface area (Å²) < 4.78 is 0. The van der Waals surface area contributed by atoms with Gasteiger partial charge in [0.2, 0.25) is 5.91 Å². The summed E-state index contributed by atoms with van der Waals surface area (Å²) >= 11 is 0. The van der Waals surface area contributed by atoms with E-state index in [9.17, 15) is 9.59 Å². The molecule has 5 nitrogen and oxygen atoms in total. The molecule has 0 spiro atoms. The van der Waals surface area contributed by atoms with Crippen LogP contribution in [0, 0.1) is 5.92 Å². The van der Waals surface area contributed by atoms with E-state index in [4.69, 9.17) is 0 Å². The fourth-order valence-electron chi connectivity index (χ4n) is 2.65. The third-order valence-electron chi connectivity index (χ3n) is 3.78. The van der Waals surface area contributed by atoms with Gasteiger partial charge in [0, 0.05) is 19.1 Å². The summed E-state index contributed by atoms with van der Waals surface area (Å²) in [5, 5.41) is 2.44. The molecule has 0 aromatic rings. The van der Waals surface area contributed by atoms with Crippen molar-refractivity contribution in [3.05, 3.63) is 0 Å². The second-order valence-electron chi connectivity index (χ2n) is 5.04. The number of rotatable bonds is 2. The molecule has 96 valence electrons. The van der Waals surface area contributed by atoms with E-state index in [0.29, 0.717) is 6.54 Å². The minimum Gasteiger partial charge on any atom is -0.319 e. The Morgan fingerprint density at radius 2 is 2.12 bits per heavy atom. The van der Waals surface area contributed by atoms with Crippen molar-refractivity contribution in [2.75, 3.05) is 26.2 Å². The maximum Gasteiger partial charge on any atom is 0.324 e. The Balaban J connectivity index is 2.01. The lowest BCUT2D eigenvalue weighted by Gasteiger charge is -2.41. The van der Waals surface area contributed by atoms with Crippen LogP contribution in [0.5, 0.6) is 0 Å². The van der Waals surface area contributed by atoms with Gasteiger partial charge in [-0.15, -0.1) is 0 Å². The highest BCUT2D eigenvalue weighted by molar-refractivity contribution is 5.97. The highest BCUT2D eigenvalue weighted by Gasteiger charge is 2.35. The summed E-state index contributed by atoms with van der Waals surface area (Å²) in [6.45, 7) is 7.66. The molecule has 0 saturated carbocycles. The van der Waals surface area contributed by atoms with Gasteiger partial charge < -0.3 is 9.80 Å². The van der Waals surface area contributed by atoms with Gasteiger partial charge in [-0.25, -0.2) is 4.79 Å². The molecule has 2 saturated heterocycles. The van der Waals surface area contributed by atoms with Crippen LogP contribution in [0.2, 0.25) is 0 Å². The van der Waals surface area contributed by atoms with Gasteiger partial charge in [0.25, 0.3) is 0 Å². The fraction of sp³-hybridized carbons (Fsp3) is 0.833. The van der Waals surface area contributed by atoms with E-state index in [1.54, 1.807) is 0 Å². The van der Waals surface area contributed by atoms with E-state index >= 15 is 0 Å². The number of urea groups is 1. The van der Waals surface area contributed by atoms with Crippen molar-refractivity contribution in [1.29, 1.82) is 0 Å². The van der Waals surface area contributed by atoms with Crippen LogP contribution in [-0.4, -0.2) is 54.0 Å². The number of piperidine rings is 1.